The summed E-state index contributed by atoms with van der Waals surface area (Å²) in [6.07, 6.45) is 9.49. The van der Waals surface area contributed by atoms with Gasteiger partial charge in [0.15, 0.2) is 0 Å². The number of carbonyl (C=O) groups is 1. The smallest absolute Gasteiger partial charge is 0.321 e. The van der Waals surface area contributed by atoms with E-state index in [0.717, 1.165) is 43.7 Å². The molecule has 1 aromatic carbocycles. The molecule has 2 aromatic heterocycles. The minimum atomic E-state index is -0.0971. The van der Waals surface area contributed by atoms with Gasteiger partial charge in [-0.1, -0.05) is 18.5 Å². The van der Waals surface area contributed by atoms with E-state index in [9.17, 15) is 4.79 Å². The van der Waals surface area contributed by atoms with Crippen molar-refractivity contribution in [3.63, 3.8) is 0 Å². The van der Waals surface area contributed by atoms with Crippen LogP contribution in [0.4, 0.5) is 10.5 Å². The summed E-state index contributed by atoms with van der Waals surface area (Å²) < 4.78 is 11.1. The lowest BCUT2D eigenvalue weighted by molar-refractivity contribution is 0.173. The molecule has 168 valence electrons. The molecule has 2 amide bonds. The van der Waals surface area contributed by atoms with Gasteiger partial charge < -0.3 is 19.5 Å². The standard InChI is InChI=1S/C23H28N6O3/c1-2-3-13-31-19-8-6-18(7-9-19)26-23(30)29-12-4-5-17(16-29)14-21-27-22(28-32-21)20-15-24-10-11-25-20/h6-11,15,17H,2-5,12-14,16H2,1H3,(H,26,30). The van der Waals surface area contributed by atoms with Crippen LogP contribution in [-0.2, 0) is 6.42 Å². The van der Waals surface area contributed by atoms with Gasteiger partial charge in [0.2, 0.25) is 11.7 Å². The molecule has 3 aromatic rings. The van der Waals surface area contributed by atoms with Crippen LogP contribution in [0.3, 0.4) is 0 Å². The average Bonchev–Trinajstić information content (AvgIpc) is 3.29. The Morgan fingerprint density at radius 1 is 1.28 bits per heavy atom. The topological polar surface area (TPSA) is 106 Å². The van der Waals surface area contributed by atoms with Gasteiger partial charge in [-0.3, -0.25) is 4.98 Å². The number of piperidine rings is 1. The minimum absolute atomic E-state index is 0.0971. The maximum atomic E-state index is 12.8. The molecule has 0 saturated carbocycles. The summed E-state index contributed by atoms with van der Waals surface area (Å²) >= 11 is 0. The second-order valence-electron chi connectivity index (χ2n) is 7.92. The Labute approximate surface area is 187 Å². The van der Waals surface area contributed by atoms with Gasteiger partial charge in [-0.05, 0) is 49.4 Å². The van der Waals surface area contributed by atoms with Crippen molar-refractivity contribution in [3.8, 4) is 17.3 Å². The molecule has 0 bridgehead atoms. The molecule has 0 radical (unpaired) electrons. The highest BCUT2D eigenvalue weighted by molar-refractivity contribution is 5.89. The Balaban J connectivity index is 1.29. The fraction of sp³-hybridized carbons (Fsp3) is 0.435. The third-order valence-electron chi connectivity index (χ3n) is 5.40. The monoisotopic (exact) mass is 436 g/mol. The van der Waals surface area contributed by atoms with E-state index in [2.05, 4.69) is 32.3 Å². The molecule has 0 aliphatic carbocycles. The molecule has 0 spiro atoms. The van der Waals surface area contributed by atoms with Gasteiger partial charge in [-0.15, -0.1) is 0 Å². The number of hydrogen-bond donors (Lipinski definition) is 1. The molecule has 1 unspecified atom stereocenters. The molecule has 1 aliphatic rings. The van der Waals surface area contributed by atoms with E-state index in [1.165, 1.54) is 0 Å². The van der Waals surface area contributed by atoms with Crippen LogP contribution in [0, 0.1) is 5.92 Å². The highest BCUT2D eigenvalue weighted by Crippen LogP contribution is 2.23. The van der Waals surface area contributed by atoms with E-state index in [1.54, 1.807) is 18.6 Å². The van der Waals surface area contributed by atoms with E-state index < -0.39 is 0 Å². The molecule has 1 fully saturated rings. The van der Waals surface area contributed by atoms with Gasteiger partial charge >= 0.3 is 6.03 Å². The molecule has 4 rings (SSSR count). The first-order valence-corrected chi connectivity index (χ1v) is 11.1. The van der Waals surface area contributed by atoms with Crippen LogP contribution >= 0.6 is 0 Å². The molecule has 32 heavy (non-hydrogen) atoms. The van der Waals surface area contributed by atoms with Crippen molar-refractivity contribution < 1.29 is 14.1 Å². The van der Waals surface area contributed by atoms with E-state index in [1.807, 2.05) is 29.2 Å². The molecule has 1 atom stereocenters. The molecular weight excluding hydrogens is 408 g/mol. The number of benzene rings is 1. The van der Waals surface area contributed by atoms with Crippen LogP contribution in [0.2, 0.25) is 0 Å². The summed E-state index contributed by atoms with van der Waals surface area (Å²) in [5, 5.41) is 6.98. The van der Waals surface area contributed by atoms with Crippen molar-refractivity contribution in [2.75, 3.05) is 25.0 Å². The zero-order valence-corrected chi connectivity index (χ0v) is 18.2. The summed E-state index contributed by atoms with van der Waals surface area (Å²) in [6, 6.07) is 7.41. The summed E-state index contributed by atoms with van der Waals surface area (Å²) in [4.78, 5) is 27.3. The van der Waals surface area contributed by atoms with Gasteiger partial charge in [-0.25, -0.2) is 9.78 Å². The molecule has 1 saturated heterocycles. The Morgan fingerprint density at radius 2 is 2.16 bits per heavy atom. The number of urea groups is 1. The lowest BCUT2D eigenvalue weighted by Crippen LogP contribution is -2.42. The van der Waals surface area contributed by atoms with Crippen LogP contribution in [-0.4, -0.2) is 50.7 Å². The number of ether oxygens (including phenoxy) is 1. The van der Waals surface area contributed by atoms with Crippen molar-refractivity contribution in [1.82, 2.24) is 25.0 Å². The van der Waals surface area contributed by atoms with Gasteiger partial charge in [0.25, 0.3) is 0 Å². The predicted molar refractivity (Wildman–Crippen MR) is 119 cm³/mol. The number of likely N-dealkylation sites (tertiary alicyclic amines) is 1. The fourth-order valence-electron chi connectivity index (χ4n) is 3.69. The van der Waals surface area contributed by atoms with Gasteiger partial charge in [-0.2, -0.15) is 4.98 Å². The van der Waals surface area contributed by atoms with Crippen LogP contribution in [0.15, 0.2) is 47.4 Å². The van der Waals surface area contributed by atoms with Crippen LogP contribution in [0.25, 0.3) is 11.5 Å². The second-order valence-corrected chi connectivity index (χ2v) is 7.92. The van der Waals surface area contributed by atoms with E-state index in [0.29, 0.717) is 37.0 Å². The van der Waals surface area contributed by atoms with Crippen molar-refractivity contribution in [3.05, 3.63) is 48.7 Å². The molecule has 9 nitrogen and oxygen atoms in total. The number of amides is 2. The second kappa shape index (κ2) is 10.7. The first kappa shape index (κ1) is 21.7. The average molecular weight is 437 g/mol. The van der Waals surface area contributed by atoms with Crippen molar-refractivity contribution in [2.24, 2.45) is 5.92 Å². The Morgan fingerprint density at radius 3 is 2.94 bits per heavy atom. The predicted octanol–water partition coefficient (Wildman–Crippen LogP) is 4.19. The van der Waals surface area contributed by atoms with Crippen LogP contribution in [0.5, 0.6) is 5.75 Å². The van der Waals surface area contributed by atoms with Crippen molar-refractivity contribution >= 4 is 11.7 Å². The fourth-order valence-corrected chi connectivity index (χ4v) is 3.69. The number of nitrogens with one attached hydrogen (secondary N) is 1. The minimum Gasteiger partial charge on any atom is -0.494 e. The van der Waals surface area contributed by atoms with Gasteiger partial charge in [0, 0.05) is 37.6 Å². The molecule has 9 heteroatoms. The highest BCUT2D eigenvalue weighted by Gasteiger charge is 2.26. The summed E-state index contributed by atoms with van der Waals surface area (Å²) in [7, 11) is 0. The third kappa shape index (κ3) is 5.81. The molecule has 1 N–H and O–H groups in total. The number of aromatic nitrogens is 4. The normalized spacial score (nSPS) is 16.0. The highest BCUT2D eigenvalue weighted by atomic mass is 16.5. The van der Waals surface area contributed by atoms with Crippen LogP contribution in [0.1, 0.15) is 38.5 Å². The maximum absolute atomic E-state index is 12.8. The Bertz CT molecular complexity index is 992. The third-order valence-corrected chi connectivity index (χ3v) is 5.40. The first-order chi connectivity index (χ1) is 15.7. The number of rotatable bonds is 8. The Kier molecular flexibility index (Phi) is 7.27. The molecule has 1 aliphatic heterocycles. The summed E-state index contributed by atoms with van der Waals surface area (Å²) in [5.74, 6) is 2.06. The maximum Gasteiger partial charge on any atom is 0.321 e. The zero-order valence-electron chi connectivity index (χ0n) is 18.2. The summed E-state index contributed by atoms with van der Waals surface area (Å²) in [6.45, 7) is 4.21. The van der Waals surface area contributed by atoms with Crippen LogP contribution < -0.4 is 10.1 Å². The van der Waals surface area contributed by atoms with Gasteiger partial charge in [0.05, 0.1) is 12.8 Å². The molecular formula is C23H28N6O3. The number of nitrogens with zero attached hydrogens (tertiary/aromatic N) is 5. The van der Waals surface area contributed by atoms with Crippen molar-refractivity contribution in [2.45, 2.75) is 39.0 Å². The largest absolute Gasteiger partial charge is 0.494 e. The molecule has 3 heterocycles. The SMILES string of the molecule is CCCCOc1ccc(NC(=O)N2CCCC(Cc3nc(-c4cnccn4)no3)C2)cc1. The quantitative estimate of drug-likeness (QED) is 0.528. The van der Waals surface area contributed by atoms with E-state index >= 15 is 0 Å². The number of anilines is 1. The first-order valence-electron chi connectivity index (χ1n) is 11.1. The number of unbranched alkanes of at least 4 members (excludes halogenated alkanes) is 1. The van der Waals surface area contributed by atoms with E-state index in [4.69, 9.17) is 9.26 Å². The zero-order chi connectivity index (χ0) is 22.2. The van der Waals surface area contributed by atoms with E-state index in [-0.39, 0.29) is 11.9 Å². The van der Waals surface area contributed by atoms with Gasteiger partial charge in [0.1, 0.15) is 11.4 Å². The Hall–Kier alpha value is -3.49. The lowest BCUT2D eigenvalue weighted by atomic mass is 9.95. The number of carbonyl (C=O) groups excluding carboxylic acids is 1. The number of hydrogen-bond acceptors (Lipinski definition) is 7. The van der Waals surface area contributed by atoms with Crippen molar-refractivity contribution in [1.29, 1.82) is 0 Å². The summed E-state index contributed by atoms with van der Waals surface area (Å²) in [5.41, 5.74) is 1.33. The lowest BCUT2D eigenvalue weighted by Gasteiger charge is -2.32.